The van der Waals surface area contributed by atoms with Crippen molar-refractivity contribution in [2.45, 2.75) is 25.9 Å². The van der Waals surface area contributed by atoms with E-state index in [9.17, 15) is 9.59 Å². The van der Waals surface area contributed by atoms with Crippen molar-refractivity contribution in [2.75, 3.05) is 19.7 Å². The van der Waals surface area contributed by atoms with Gasteiger partial charge in [0.2, 0.25) is 0 Å². The van der Waals surface area contributed by atoms with E-state index in [-0.39, 0.29) is 17.7 Å². The third kappa shape index (κ3) is 3.33. The van der Waals surface area contributed by atoms with E-state index < -0.39 is 5.97 Å². The molecule has 1 amide bonds. The second kappa shape index (κ2) is 6.47. The first kappa shape index (κ1) is 14.5. The summed E-state index contributed by atoms with van der Waals surface area (Å²) >= 11 is 0. The molecule has 6 nitrogen and oxygen atoms in total. The number of amides is 1. The summed E-state index contributed by atoms with van der Waals surface area (Å²) in [5.41, 5.74) is 0.240. The minimum absolute atomic E-state index is 0.0680. The molecule has 1 aromatic heterocycles. The Labute approximate surface area is 117 Å². The normalized spacial score (nSPS) is 18.9. The summed E-state index contributed by atoms with van der Waals surface area (Å²) < 4.78 is 5.60. The summed E-state index contributed by atoms with van der Waals surface area (Å²) in [6, 6.07) is 2.86. The fourth-order valence-corrected chi connectivity index (χ4v) is 2.26. The highest BCUT2D eigenvalue weighted by Gasteiger charge is 2.25. The van der Waals surface area contributed by atoms with Crippen molar-refractivity contribution in [2.24, 2.45) is 0 Å². The summed E-state index contributed by atoms with van der Waals surface area (Å²) in [5, 5.41) is 8.91. The predicted molar refractivity (Wildman–Crippen MR) is 71.7 cm³/mol. The van der Waals surface area contributed by atoms with E-state index in [1.165, 1.54) is 12.3 Å². The predicted octanol–water partition coefficient (Wildman–Crippen LogP) is 1.42. The Bertz CT molecular complexity index is 502. The SMILES string of the molecule is CCCC1CN(C(=O)c2ccnc(C(=O)O)c2)CCO1. The lowest BCUT2D eigenvalue weighted by molar-refractivity contribution is -0.0250. The molecule has 1 N–H and O–H groups in total. The summed E-state index contributed by atoms with van der Waals surface area (Å²) in [6.45, 7) is 3.68. The van der Waals surface area contributed by atoms with Crippen molar-refractivity contribution in [3.05, 3.63) is 29.6 Å². The lowest BCUT2D eigenvalue weighted by Crippen LogP contribution is -2.45. The summed E-state index contributed by atoms with van der Waals surface area (Å²) in [6.07, 6.45) is 3.34. The Hall–Kier alpha value is -1.95. The number of carboxylic acid groups (broad SMARTS) is 1. The number of hydrogen-bond donors (Lipinski definition) is 1. The monoisotopic (exact) mass is 278 g/mol. The number of nitrogens with zero attached hydrogens (tertiary/aromatic N) is 2. The van der Waals surface area contributed by atoms with Gasteiger partial charge in [0.05, 0.1) is 12.7 Å². The first-order chi connectivity index (χ1) is 9.61. The Morgan fingerprint density at radius 1 is 1.55 bits per heavy atom. The molecule has 1 aliphatic rings. The largest absolute Gasteiger partial charge is 0.477 e. The summed E-state index contributed by atoms with van der Waals surface area (Å²) in [5.74, 6) is -1.30. The van der Waals surface area contributed by atoms with Gasteiger partial charge in [0.1, 0.15) is 5.69 Å². The van der Waals surface area contributed by atoms with Crippen LogP contribution in [0.4, 0.5) is 0 Å². The molecule has 2 heterocycles. The van der Waals surface area contributed by atoms with Crippen molar-refractivity contribution in [3.8, 4) is 0 Å². The van der Waals surface area contributed by atoms with E-state index in [4.69, 9.17) is 9.84 Å². The molecule has 1 unspecified atom stereocenters. The molecule has 1 atom stereocenters. The van der Waals surface area contributed by atoms with Crippen LogP contribution in [0.2, 0.25) is 0 Å². The van der Waals surface area contributed by atoms with E-state index in [1.807, 2.05) is 0 Å². The molecule has 1 fully saturated rings. The third-order valence-corrected chi connectivity index (χ3v) is 3.26. The summed E-state index contributed by atoms with van der Waals surface area (Å²) in [7, 11) is 0. The average Bonchev–Trinajstić information content (AvgIpc) is 2.47. The van der Waals surface area contributed by atoms with Crippen molar-refractivity contribution < 1.29 is 19.4 Å². The van der Waals surface area contributed by atoms with Gasteiger partial charge in [-0.1, -0.05) is 13.3 Å². The van der Waals surface area contributed by atoms with Gasteiger partial charge < -0.3 is 14.7 Å². The number of aromatic nitrogens is 1. The zero-order valence-electron chi connectivity index (χ0n) is 11.4. The number of carboxylic acids is 1. The molecule has 0 bridgehead atoms. The van der Waals surface area contributed by atoms with Crippen LogP contribution < -0.4 is 0 Å². The van der Waals surface area contributed by atoms with Crippen molar-refractivity contribution in [3.63, 3.8) is 0 Å². The van der Waals surface area contributed by atoms with Crippen LogP contribution in [0.3, 0.4) is 0 Å². The van der Waals surface area contributed by atoms with Crippen molar-refractivity contribution in [1.29, 1.82) is 0 Å². The molecular formula is C14H18N2O4. The highest BCUT2D eigenvalue weighted by Crippen LogP contribution is 2.14. The number of hydrogen-bond acceptors (Lipinski definition) is 4. The Balaban J connectivity index is 2.10. The molecule has 1 aromatic rings. The highest BCUT2D eigenvalue weighted by molar-refractivity contribution is 5.96. The molecule has 1 aliphatic heterocycles. The van der Waals surface area contributed by atoms with E-state index in [1.54, 1.807) is 11.0 Å². The van der Waals surface area contributed by atoms with Crippen molar-refractivity contribution >= 4 is 11.9 Å². The standard InChI is InChI=1S/C14H18N2O4/c1-2-3-11-9-16(6-7-20-11)13(17)10-4-5-15-12(8-10)14(18)19/h4-5,8,11H,2-3,6-7,9H2,1H3,(H,18,19). The van der Waals surface area contributed by atoms with Gasteiger partial charge in [0, 0.05) is 24.8 Å². The number of ether oxygens (including phenoxy) is 1. The maximum Gasteiger partial charge on any atom is 0.354 e. The maximum atomic E-state index is 12.4. The van der Waals surface area contributed by atoms with Gasteiger partial charge in [-0.15, -0.1) is 0 Å². The van der Waals surface area contributed by atoms with Gasteiger partial charge in [-0.25, -0.2) is 9.78 Å². The minimum atomic E-state index is -1.13. The van der Waals surface area contributed by atoms with Gasteiger partial charge in [0.25, 0.3) is 5.91 Å². The fourth-order valence-electron chi connectivity index (χ4n) is 2.26. The van der Waals surface area contributed by atoms with Crippen LogP contribution in [0.5, 0.6) is 0 Å². The third-order valence-electron chi connectivity index (χ3n) is 3.26. The zero-order valence-corrected chi connectivity index (χ0v) is 11.4. The molecule has 108 valence electrons. The number of rotatable bonds is 4. The number of morpholine rings is 1. The van der Waals surface area contributed by atoms with E-state index in [0.29, 0.717) is 25.3 Å². The van der Waals surface area contributed by atoms with E-state index in [0.717, 1.165) is 12.8 Å². The second-order valence-electron chi connectivity index (χ2n) is 4.77. The zero-order chi connectivity index (χ0) is 14.5. The quantitative estimate of drug-likeness (QED) is 0.901. The van der Waals surface area contributed by atoms with Gasteiger partial charge >= 0.3 is 5.97 Å². The second-order valence-corrected chi connectivity index (χ2v) is 4.77. The molecule has 0 spiro atoms. The molecule has 0 aliphatic carbocycles. The summed E-state index contributed by atoms with van der Waals surface area (Å²) in [4.78, 5) is 28.7. The van der Waals surface area contributed by atoms with Gasteiger partial charge in [-0.05, 0) is 18.6 Å². The molecule has 20 heavy (non-hydrogen) atoms. The maximum absolute atomic E-state index is 12.4. The molecule has 6 heteroatoms. The fraction of sp³-hybridized carbons (Fsp3) is 0.500. The smallest absolute Gasteiger partial charge is 0.354 e. The van der Waals surface area contributed by atoms with Crippen LogP contribution in [-0.4, -0.2) is 52.7 Å². The van der Waals surface area contributed by atoms with Gasteiger partial charge in [0.15, 0.2) is 0 Å². The molecular weight excluding hydrogens is 260 g/mol. The molecule has 0 aromatic carbocycles. The van der Waals surface area contributed by atoms with Crippen LogP contribution in [0.1, 0.15) is 40.6 Å². The number of carbonyl (C=O) groups excluding carboxylic acids is 1. The van der Waals surface area contributed by atoms with Crippen LogP contribution >= 0.6 is 0 Å². The number of aromatic carboxylic acids is 1. The lowest BCUT2D eigenvalue weighted by atomic mass is 10.1. The molecule has 2 rings (SSSR count). The number of carbonyl (C=O) groups is 2. The van der Waals surface area contributed by atoms with Crippen molar-refractivity contribution in [1.82, 2.24) is 9.88 Å². The molecule has 0 saturated carbocycles. The first-order valence-corrected chi connectivity index (χ1v) is 6.72. The topological polar surface area (TPSA) is 79.7 Å². The first-order valence-electron chi connectivity index (χ1n) is 6.72. The Morgan fingerprint density at radius 3 is 3.05 bits per heavy atom. The highest BCUT2D eigenvalue weighted by atomic mass is 16.5. The number of pyridine rings is 1. The molecule has 1 saturated heterocycles. The Kier molecular flexibility index (Phi) is 4.68. The van der Waals surface area contributed by atoms with Crippen LogP contribution in [-0.2, 0) is 4.74 Å². The Morgan fingerprint density at radius 2 is 2.35 bits per heavy atom. The van der Waals surface area contributed by atoms with E-state index in [2.05, 4.69) is 11.9 Å². The average molecular weight is 278 g/mol. The van der Waals surface area contributed by atoms with Crippen LogP contribution in [0.15, 0.2) is 18.3 Å². The lowest BCUT2D eigenvalue weighted by Gasteiger charge is -2.33. The minimum Gasteiger partial charge on any atom is -0.477 e. The van der Waals surface area contributed by atoms with Gasteiger partial charge in [-0.2, -0.15) is 0 Å². The van der Waals surface area contributed by atoms with Gasteiger partial charge in [-0.3, -0.25) is 4.79 Å². The van der Waals surface area contributed by atoms with Crippen LogP contribution in [0, 0.1) is 0 Å². The van der Waals surface area contributed by atoms with E-state index >= 15 is 0 Å². The molecule has 0 radical (unpaired) electrons. The van der Waals surface area contributed by atoms with Crippen LogP contribution in [0.25, 0.3) is 0 Å².